The van der Waals surface area contributed by atoms with Crippen molar-refractivity contribution in [2.45, 2.75) is 6.54 Å². The maximum absolute atomic E-state index is 12.5. The van der Waals surface area contributed by atoms with Crippen LogP contribution in [0.4, 0.5) is 0 Å². The van der Waals surface area contributed by atoms with Crippen LogP contribution >= 0.6 is 50.5 Å². The summed E-state index contributed by atoms with van der Waals surface area (Å²) in [6.45, 7) is 4.33. The molecule has 122 valence electrons. The number of carbonyl (C=O) groups is 1. The summed E-state index contributed by atoms with van der Waals surface area (Å²) < 4.78 is 3.93. The number of fused-ring (bicyclic) bond motifs is 1. The molecule has 1 aromatic heterocycles. The quantitative estimate of drug-likeness (QED) is 0.480. The summed E-state index contributed by atoms with van der Waals surface area (Å²) in [4.78, 5) is 17.4. The number of hydrogen-bond acceptors (Lipinski definition) is 2. The molecule has 1 heterocycles. The second-order valence-corrected chi connectivity index (χ2v) is 7.71. The molecule has 0 fully saturated rings. The van der Waals surface area contributed by atoms with E-state index in [-0.39, 0.29) is 5.56 Å². The van der Waals surface area contributed by atoms with Gasteiger partial charge in [-0.15, -0.1) is 6.58 Å². The van der Waals surface area contributed by atoms with Crippen LogP contribution in [0.5, 0.6) is 0 Å². The van der Waals surface area contributed by atoms with Crippen molar-refractivity contribution in [1.29, 1.82) is 0 Å². The molecule has 0 aliphatic heterocycles. The van der Waals surface area contributed by atoms with E-state index in [9.17, 15) is 4.79 Å². The summed E-state index contributed by atoms with van der Waals surface area (Å²) in [6, 6.07) is 10.7. The number of carbonyl (C=O) groups excluding carboxylic acids is 1. The van der Waals surface area contributed by atoms with Crippen LogP contribution in [0.2, 0.25) is 10.0 Å². The van der Waals surface area contributed by atoms with Gasteiger partial charge in [-0.25, -0.2) is 0 Å². The molecule has 24 heavy (non-hydrogen) atoms. The Morgan fingerprint density at radius 1 is 1.29 bits per heavy atom. The van der Waals surface area contributed by atoms with Crippen LogP contribution in [0.3, 0.4) is 0 Å². The van der Waals surface area contributed by atoms with Gasteiger partial charge in [-0.3, -0.25) is 4.79 Å². The molecule has 3 aromatic rings. The number of benzene rings is 2. The Balaban J connectivity index is 2.18. The first-order valence-corrected chi connectivity index (χ1v) is 9.30. The zero-order chi connectivity index (χ0) is 17.3. The molecular weight excluding hydrogens is 431 g/mol. The second-order valence-electron chi connectivity index (χ2n) is 4.94. The van der Waals surface area contributed by atoms with Crippen LogP contribution in [-0.2, 0) is 6.54 Å². The lowest BCUT2D eigenvalue weighted by molar-refractivity contribution is 0.0998. The Labute approximate surface area is 161 Å². The number of aromatic nitrogens is 1. The van der Waals surface area contributed by atoms with Gasteiger partial charge in [0.05, 0.1) is 20.8 Å². The van der Waals surface area contributed by atoms with Crippen molar-refractivity contribution in [1.82, 2.24) is 4.57 Å². The minimum absolute atomic E-state index is 0.285. The van der Waals surface area contributed by atoms with Crippen LogP contribution in [0.1, 0.15) is 10.4 Å². The first kappa shape index (κ1) is 17.4. The van der Waals surface area contributed by atoms with E-state index >= 15 is 0 Å². The maximum Gasteiger partial charge on any atom is 0.281 e. The van der Waals surface area contributed by atoms with Crippen LogP contribution in [0.25, 0.3) is 10.2 Å². The topological polar surface area (TPSA) is 34.4 Å². The Hall–Kier alpha value is -1.40. The second kappa shape index (κ2) is 7.23. The standard InChI is InChI=1S/C17H11BrCl2N2OS/c1-2-7-22-14-6-3-10(18)8-15(14)24-17(22)21-16(23)12-9-11(19)4-5-13(12)20/h2-6,8-9H,1,7H2. The van der Waals surface area contributed by atoms with Crippen LogP contribution in [0.15, 0.2) is 58.5 Å². The number of hydrogen-bond donors (Lipinski definition) is 0. The molecule has 0 bridgehead atoms. The summed E-state index contributed by atoms with van der Waals surface area (Å²) in [5.41, 5.74) is 1.28. The number of allylic oxidation sites excluding steroid dienone is 1. The molecule has 0 atom stereocenters. The Bertz CT molecular complexity index is 1020. The fourth-order valence-corrected chi connectivity index (χ4v) is 4.21. The smallest absolute Gasteiger partial charge is 0.281 e. The molecule has 2 aromatic carbocycles. The summed E-state index contributed by atoms with van der Waals surface area (Å²) in [6.07, 6.45) is 1.77. The highest BCUT2D eigenvalue weighted by Crippen LogP contribution is 2.24. The summed E-state index contributed by atoms with van der Waals surface area (Å²) in [7, 11) is 0. The van der Waals surface area contributed by atoms with E-state index in [1.165, 1.54) is 17.4 Å². The van der Waals surface area contributed by atoms with E-state index in [1.54, 1.807) is 18.2 Å². The molecular formula is C17H11BrCl2N2OS. The van der Waals surface area contributed by atoms with Crippen molar-refractivity contribution in [3.05, 3.63) is 73.9 Å². The zero-order valence-corrected chi connectivity index (χ0v) is 16.2. The van der Waals surface area contributed by atoms with Gasteiger partial charge in [-0.2, -0.15) is 4.99 Å². The molecule has 3 rings (SSSR count). The number of nitrogens with zero attached hydrogens (tertiary/aromatic N) is 2. The predicted molar refractivity (Wildman–Crippen MR) is 104 cm³/mol. The van der Waals surface area contributed by atoms with E-state index in [0.717, 1.165) is 14.7 Å². The van der Waals surface area contributed by atoms with Crippen molar-refractivity contribution >= 4 is 66.6 Å². The van der Waals surface area contributed by atoms with E-state index < -0.39 is 5.91 Å². The van der Waals surface area contributed by atoms with Crippen molar-refractivity contribution in [3.63, 3.8) is 0 Å². The van der Waals surface area contributed by atoms with Crippen molar-refractivity contribution in [2.75, 3.05) is 0 Å². The SMILES string of the molecule is C=CCn1c(=NC(=O)c2cc(Cl)ccc2Cl)sc2cc(Br)ccc21. The summed E-state index contributed by atoms with van der Waals surface area (Å²) in [5, 5.41) is 0.768. The monoisotopic (exact) mass is 440 g/mol. The van der Waals surface area contributed by atoms with Gasteiger partial charge in [0.1, 0.15) is 0 Å². The summed E-state index contributed by atoms with van der Waals surface area (Å²) >= 11 is 16.9. The van der Waals surface area contributed by atoms with Gasteiger partial charge < -0.3 is 4.57 Å². The van der Waals surface area contributed by atoms with E-state index in [1.807, 2.05) is 22.8 Å². The summed E-state index contributed by atoms with van der Waals surface area (Å²) in [5.74, 6) is -0.425. The lowest BCUT2D eigenvalue weighted by Gasteiger charge is -2.02. The maximum atomic E-state index is 12.5. The molecule has 7 heteroatoms. The predicted octanol–water partition coefficient (Wildman–Crippen LogP) is 5.70. The molecule has 0 unspecified atom stereocenters. The number of thiazole rings is 1. The normalized spacial score (nSPS) is 11.9. The van der Waals surface area contributed by atoms with Gasteiger partial charge in [0.2, 0.25) is 0 Å². The van der Waals surface area contributed by atoms with Crippen LogP contribution < -0.4 is 4.80 Å². The Morgan fingerprint density at radius 2 is 2.08 bits per heavy atom. The van der Waals surface area contributed by atoms with Gasteiger partial charge in [-0.1, -0.05) is 56.5 Å². The number of rotatable bonds is 3. The van der Waals surface area contributed by atoms with Gasteiger partial charge in [-0.05, 0) is 36.4 Å². The minimum atomic E-state index is -0.425. The molecule has 0 N–H and O–H groups in total. The van der Waals surface area contributed by atoms with Gasteiger partial charge in [0.25, 0.3) is 5.91 Å². The van der Waals surface area contributed by atoms with E-state index in [2.05, 4.69) is 27.5 Å². The van der Waals surface area contributed by atoms with Crippen molar-refractivity contribution in [3.8, 4) is 0 Å². The highest BCUT2D eigenvalue weighted by atomic mass is 79.9. The third-order valence-electron chi connectivity index (χ3n) is 3.31. The number of amides is 1. The highest BCUT2D eigenvalue weighted by Gasteiger charge is 2.12. The highest BCUT2D eigenvalue weighted by molar-refractivity contribution is 9.10. The molecule has 0 aliphatic rings. The van der Waals surface area contributed by atoms with Crippen LogP contribution in [0, 0.1) is 0 Å². The average Bonchev–Trinajstić information content (AvgIpc) is 2.86. The fraction of sp³-hybridized carbons (Fsp3) is 0.0588. The van der Waals surface area contributed by atoms with Crippen molar-refractivity contribution in [2.24, 2.45) is 4.99 Å². The average molecular weight is 442 g/mol. The molecule has 0 saturated heterocycles. The zero-order valence-electron chi connectivity index (χ0n) is 12.3. The molecule has 3 nitrogen and oxygen atoms in total. The first-order valence-electron chi connectivity index (χ1n) is 6.93. The Kier molecular flexibility index (Phi) is 5.25. The van der Waals surface area contributed by atoms with E-state index in [4.69, 9.17) is 23.2 Å². The third kappa shape index (κ3) is 3.49. The number of halogens is 3. The molecule has 0 saturated carbocycles. The third-order valence-corrected chi connectivity index (χ3v) is 5.41. The van der Waals surface area contributed by atoms with E-state index in [0.29, 0.717) is 21.4 Å². The van der Waals surface area contributed by atoms with Gasteiger partial charge in [0.15, 0.2) is 4.80 Å². The van der Waals surface area contributed by atoms with Gasteiger partial charge in [0, 0.05) is 16.0 Å². The minimum Gasteiger partial charge on any atom is -0.312 e. The fourth-order valence-electron chi connectivity index (χ4n) is 2.25. The largest absolute Gasteiger partial charge is 0.312 e. The molecule has 0 aliphatic carbocycles. The lowest BCUT2D eigenvalue weighted by atomic mass is 10.2. The Morgan fingerprint density at radius 3 is 2.83 bits per heavy atom. The molecule has 1 amide bonds. The first-order chi connectivity index (χ1) is 11.5. The van der Waals surface area contributed by atoms with Crippen molar-refractivity contribution < 1.29 is 4.79 Å². The van der Waals surface area contributed by atoms with Gasteiger partial charge >= 0.3 is 0 Å². The van der Waals surface area contributed by atoms with Crippen LogP contribution in [-0.4, -0.2) is 10.5 Å². The lowest BCUT2D eigenvalue weighted by Crippen LogP contribution is -2.16. The molecule has 0 spiro atoms. The molecule has 0 radical (unpaired) electrons.